The molecule has 2 aromatic carbocycles. The molecule has 0 saturated heterocycles. The van der Waals surface area contributed by atoms with E-state index in [1.54, 1.807) is 36.4 Å². The summed E-state index contributed by atoms with van der Waals surface area (Å²) in [6.45, 7) is 5.73. The van der Waals surface area contributed by atoms with Crippen LogP contribution in [0, 0.1) is 12.8 Å². The van der Waals surface area contributed by atoms with Crippen molar-refractivity contribution in [3.05, 3.63) is 59.1 Å². The van der Waals surface area contributed by atoms with Crippen LogP contribution in [-0.4, -0.2) is 20.4 Å². The minimum atomic E-state index is -3.81. The van der Waals surface area contributed by atoms with Gasteiger partial charge in [0.25, 0.3) is 0 Å². The van der Waals surface area contributed by atoms with Crippen LogP contribution < -0.4 is 10.0 Å². The van der Waals surface area contributed by atoms with Crippen molar-refractivity contribution in [3.8, 4) is 0 Å². The lowest BCUT2D eigenvalue weighted by Gasteiger charge is -2.20. The number of rotatable bonds is 7. The number of anilines is 1. The molecular weight excluding hydrogens is 372 g/mol. The lowest BCUT2D eigenvalue weighted by molar-refractivity contribution is -0.118. The number of hydrogen-bond donors (Lipinski definition) is 2. The minimum Gasteiger partial charge on any atom is -0.323 e. The third-order valence-corrected chi connectivity index (χ3v) is 5.60. The Morgan fingerprint density at radius 3 is 2.27 bits per heavy atom. The quantitative estimate of drug-likeness (QED) is 0.745. The maximum atomic E-state index is 12.7. The number of amides is 1. The predicted molar refractivity (Wildman–Crippen MR) is 105 cm³/mol. The Labute approximate surface area is 159 Å². The lowest BCUT2D eigenvalue weighted by atomic mass is 10.0. The summed E-state index contributed by atoms with van der Waals surface area (Å²) >= 11 is 6.07. The standard InChI is InChI=1S/C19H23ClN2O3S/c1-13(2)12-18(19(23)21-17-7-5-4-6-16(17)20)22-26(24,25)15-10-8-14(3)9-11-15/h4-11,13,18,22H,12H2,1-3H3,(H,21,23). The van der Waals surface area contributed by atoms with E-state index < -0.39 is 22.0 Å². The summed E-state index contributed by atoms with van der Waals surface area (Å²) in [6, 6.07) is 12.4. The van der Waals surface area contributed by atoms with Crippen LogP contribution in [0.15, 0.2) is 53.4 Å². The first kappa shape index (κ1) is 20.4. The van der Waals surface area contributed by atoms with Gasteiger partial charge in [0.15, 0.2) is 0 Å². The zero-order valence-electron chi connectivity index (χ0n) is 15.0. The Morgan fingerprint density at radius 1 is 1.08 bits per heavy atom. The summed E-state index contributed by atoms with van der Waals surface area (Å²) in [4.78, 5) is 12.8. The molecule has 5 nitrogen and oxygen atoms in total. The van der Waals surface area contributed by atoms with E-state index in [9.17, 15) is 13.2 Å². The second kappa shape index (κ2) is 8.66. The van der Waals surface area contributed by atoms with Crippen LogP contribution in [0.1, 0.15) is 25.8 Å². The van der Waals surface area contributed by atoms with Crippen LogP contribution in [0.3, 0.4) is 0 Å². The number of halogens is 1. The molecule has 0 aliphatic rings. The molecule has 0 aliphatic carbocycles. The zero-order chi connectivity index (χ0) is 19.3. The summed E-state index contributed by atoms with van der Waals surface area (Å²) in [5.74, 6) is -0.319. The second-order valence-corrected chi connectivity index (χ2v) is 8.71. The molecule has 1 atom stereocenters. The van der Waals surface area contributed by atoms with Crippen LogP contribution in [0.5, 0.6) is 0 Å². The van der Waals surface area contributed by atoms with Gasteiger partial charge in [0.1, 0.15) is 6.04 Å². The Kier molecular flexibility index (Phi) is 6.81. The third-order valence-electron chi connectivity index (χ3n) is 3.78. The molecule has 0 heterocycles. The van der Waals surface area contributed by atoms with Gasteiger partial charge in [-0.25, -0.2) is 8.42 Å². The van der Waals surface area contributed by atoms with Crippen molar-refractivity contribution in [1.29, 1.82) is 0 Å². The number of carbonyl (C=O) groups excluding carboxylic acids is 1. The molecule has 2 aromatic rings. The molecule has 0 spiro atoms. The maximum absolute atomic E-state index is 12.7. The van der Waals surface area contributed by atoms with Gasteiger partial charge >= 0.3 is 0 Å². The molecule has 0 saturated carbocycles. The molecule has 0 aliphatic heterocycles. The molecule has 1 unspecified atom stereocenters. The SMILES string of the molecule is Cc1ccc(S(=O)(=O)NC(CC(C)C)C(=O)Nc2ccccc2Cl)cc1. The fourth-order valence-corrected chi connectivity index (χ4v) is 3.83. The van der Waals surface area contributed by atoms with Crippen LogP contribution in [0.25, 0.3) is 0 Å². The van der Waals surface area contributed by atoms with E-state index in [1.807, 2.05) is 20.8 Å². The van der Waals surface area contributed by atoms with Gasteiger partial charge in [-0.2, -0.15) is 4.72 Å². The number of sulfonamides is 1. The number of para-hydroxylation sites is 1. The van der Waals surface area contributed by atoms with Gasteiger partial charge in [0, 0.05) is 0 Å². The first-order chi connectivity index (χ1) is 12.2. The molecule has 140 valence electrons. The van der Waals surface area contributed by atoms with Crippen LogP contribution >= 0.6 is 11.6 Å². The molecule has 0 radical (unpaired) electrons. The van der Waals surface area contributed by atoms with Crippen molar-refractivity contribution >= 4 is 33.2 Å². The van der Waals surface area contributed by atoms with E-state index >= 15 is 0 Å². The topological polar surface area (TPSA) is 75.3 Å². The van der Waals surface area contributed by atoms with Crippen molar-refractivity contribution in [3.63, 3.8) is 0 Å². The highest BCUT2D eigenvalue weighted by atomic mass is 35.5. The Hall–Kier alpha value is -1.89. The minimum absolute atomic E-state index is 0.123. The molecule has 2 rings (SSSR count). The van der Waals surface area contributed by atoms with Crippen LogP contribution in [0.2, 0.25) is 5.02 Å². The summed E-state index contributed by atoms with van der Waals surface area (Å²) in [6.07, 6.45) is 0.362. The van der Waals surface area contributed by atoms with E-state index in [4.69, 9.17) is 11.6 Å². The summed E-state index contributed by atoms with van der Waals surface area (Å²) in [7, 11) is -3.81. The predicted octanol–water partition coefficient (Wildman–Crippen LogP) is 3.98. The van der Waals surface area contributed by atoms with Gasteiger partial charge in [-0.3, -0.25) is 4.79 Å². The molecule has 26 heavy (non-hydrogen) atoms. The number of aryl methyl sites for hydroxylation is 1. The lowest BCUT2D eigenvalue weighted by Crippen LogP contribution is -2.44. The molecule has 7 heteroatoms. The van der Waals surface area contributed by atoms with Gasteiger partial charge in [-0.1, -0.05) is 55.3 Å². The number of hydrogen-bond acceptors (Lipinski definition) is 3. The maximum Gasteiger partial charge on any atom is 0.242 e. The van der Waals surface area contributed by atoms with Crippen molar-refractivity contribution in [2.24, 2.45) is 5.92 Å². The van der Waals surface area contributed by atoms with Gasteiger partial charge in [0.2, 0.25) is 15.9 Å². The highest BCUT2D eigenvalue weighted by Gasteiger charge is 2.27. The third kappa shape index (κ3) is 5.56. The monoisotopic (exact) mass is 394 g/mol. The fraction of sp³-hybridized carbons (Fsp3) is 0.316. The first-order valence-corrected chi connectivity index (χ1v) is 10.2. The van der Waals surface area contributed by atoms with E-state index in [1.165, 1.54) is 12.1 Å². The molecule has 0 bridgehead atoms. The van der Waals surface area contributed by atoms with Gasteiger partial charge in [-0.15, -0.1) is 0 Å². The second-order valence-electron chi connectivity index (χ2n) is 6.59. The summed E-state index contributed by atoms with van der Waals surface area (Å²) in [5.41, 5.74) is 1.40. The summed E-state index contributed by atoms with van der Waals surface area (Å²) in [5, 5.41) is 3.10. The van der Waals surface area contributed by atoms with Crippen molar-refractivity contribution in [2.75, 3.05) is 5.32 Å². The van der Waals surface area contributed by atoms with Crippen LogP contribution in [-0.2, 0) is 14.8 Å². The summed E-state index contributed by atoms with van der Waals surface area (Å²) < 4.78 is 27.8. The zero-order valence-corrected chi connectivity index (χ0v) is 16.6. The number of nitrogens with one attached hydrogen (secondary N) is 2. The fourth-order valence-electron chi connectivity index (χ4n) is 2.44. The Balaban J connectivity index is 2.22. The average molecular weight is 395 g/mol. The van der Waals surface area contributed by atoms with Crippen LogP contribution in [0.4, 0.5) is 5.69 Å². The highest BCUT2D eigenvalue weighted by molar-refractivity contribution is 7.89. The van der Waals surface area contributed by atoms with E-state index in [0.717, 1.165) is 5.56 Å². The van der Waals surface area contributed by atoms with Gasteiger partial charge in [-0.05, 0) is 43.5 Å². The highest BCUT2D eigenvalue weighted by Crippen LogP contribution is 2.21. The first-order valence-electron chi connectivity index (χ1n) is 8.33. The van der Waals surface area contributed by atoms with Crippen molar-refractivity contribution < 1.29 is 13.2 Å². The van der Waals surface area contributed by atoms with E-state index in [0.29, 0.717) is 17.1 Å². The molecule has 0 fully saturated rings. The van der Waals surface area contributed by atoms with E-state index in [-0.39, 0.29) is 10.8 Å². The van der Waals surface area contributed by atoms with Crippen molar-refractivity contribution in [2.45, 2.75) is 38.1 Å². The van der Waals surface area contributed by atoms with Crippen molar-refractivity contribution in [1.82, 2.24) is 4.72 Å². The van der Waals surface area contributed by atoms with E-state index in [2.05, 4.69) is 10.0 Å². The smallest absolute Gasteiger partial charge is 0.242 e. The Bertz CT molecular complexity index is 865. The average Bonchev–Trinajstić information content (AvgIpc) is 2.56. The van der Waals surface area contributed by atoms with Gasteiger partial charge in [0.05, 0.1) is 15.6 Å². The molecule has 0 aromatic heterocycles. The normalized spacial score (nSPS) is 12.8. The molecule has 2 N–H and O–H groups in total. The van der Waals surface area contributed by atoms with Gasteiger partial charge < -0.3 is 5.32 Å². The Morgan fingerprint density at radius 2 is 1.69 bits per heavy atom. The molecular formula is C19H23ClN2O3S. The number of benzene rings is 2. The molecule has 1 amide bonds. The largest absolute Gasteiger partial charge is 0.323 e. The number of carbonyl (C=O) groups is 1.